The number of hydrogen-bond donors (Lipinski definition) is 2. The molecule has 5 nitrogen and oxygen atoms in total. The molecular formula is C11H10F5NO4S. The lowest BCUT2D eigenvalue weighted by molar-refractivity contribution is -0.157. The normalized spacial score (nSPS) is 13.0. The number of nitrogens with one attached hydrogen (secondary N) is 1. The Labute approximate surface area is 124 Å². The van der Waals surface area contributed by atoms with E-state index in [0.29, 0.717) is 16.2 Å². The van der Waals surface area contributed by atoms with E-state index in [2.05, 4.69) is 4.74 Å². The average molecular weight is 347 g/mol. The summed E-state index contributed by atoms with van der Waals surface area (Å²) in [6.07, 6.45) is -6.60. The van der Waals surface area contributed by atoms with Crippen LogP contribution in [0, 0.1) is 6.92 Å². The topological polar surface area (TPSA) is 75.6 Å². The van der Waals surface area contributed by atoms with Gasteiger partial charge in [0.15, 0.2) is 0 Å². The molecule has 1 amide bonds. The fourth-order valence-electron chi connectivity index (χ4n) is 1.49. The molecule has 0 radical (unpaired) electrons. The zero-order valence-corrected chi connectivity index (χ0v) is 11.7. The van der Waals surface area contributed by atoms with Gasteiger partial charge in [-0.3, -0.25) is 4.79 Å². The molecule has 0 saturated carbocycles. The maximum Gasteiger partial charge on any atom is 0.391 e. The van der Waals surface area contributed by atoms with Crippen LogP contribution in [0.3, 0.4) is 0 Å². The monoisotopic (exact) mass is 347 g/mol. The second-order valence-corrected chi connectivity index (χ2v) is 5.37. The zero-order chi connectivity index (χ0) is 17.1. The summed E-state index contributed by atoms with van der Waals surface area (Å²) in [4.78, 5) is 22.5. The third kappa shape index (κ3) is 5.47. The summed E-state index contributed by atoms with van der Waals surface area (Å²) >= 11 is 0.692. The van der Waals surface area contributed by atoms with Gasteiger partial charge >= 0.3 is 18.8 Å². The van der Waals surface area contributed by atoms with Crippen LogP contribution in [0.1, 0.15) is 21.0 Å². The molecule has 22 heavy (non-hydrogen) atoms. The number of carboxylic acid groups (broad SMARTS) is 1. The van der Waals surface area contributed by atoms with Gasteiger partial charge in [-0.2, -0.15) is 22.0 Å². The van der Waals surface area contributed by atoms with Crippen LogP contribution < -0.4 is 10.1 Å². The maximum absolute atomic E-state index is 12.2. The number of carboxylic acids is 1. The standard InChI is InChI=1S/C11H10F5NO4S/c1-4-2-6(21-10(12)13)7(22-4)8(18)17-5(9(19)20)3-11(14,15)16/h2,5,10H,3H2,1H3,(H,17,18)(H,19,20). The van der Waals surface area contributed by atoms with Crippen molar-refractivity contribution in [3.8, 4) is 5.75 Å². The summed E-state index contributed by atoms with van der Waals surface area (Å²) < 4.78 is 65.2. The predicted octanol–water partition coefficient (Wildman–Crippen LogP) is 2.79. The van der Waals surface area contributed by atoms with Crippen molar-refractivity contribution in [1.82, 2.24) is 5.32 Å². The van der Waals surface area contributed by atoms with Gasteiger partial charge in [0.2, 0.25) is 0 Å². The molecular weight excluding hydrogens is 337 g/mol. The van der Waals surface area contributed by atoms with Crippen molar-refractivity contribution in [3.63, 3.8) is 0 Å². The van der Waals surface area contributed by atoms with E-state index in [4.69, 9.17) is 5.11 Å². The highest BCUT2D eigenvalue weighted by Crippen LogP contribution is 2.30. The Balaban J connectivity index is 2.93. The van der Waals surface area contributed by atoms with Crippen LogP contribution >= 0.6 is 11.3 Å². The number of hydrogen-bond acceptors (Lipinski definition) is 4. The van der Waals surface area contributed by atoms with Gasteiger partial charge in [0.25, 0.3) is 5.91 Å². The lowest BCUT2D eigenvalue weighted by Crippen LogP contribution is -2.43. The van der Waals surface area contributed by atoms with E-state index in [1.54, 1.807) is 5.32 Å². The first-order chi connectivity index (χ1) is 9.99. The van der Waals surface area contributed by atoms with Crippen LogP contribution in [0.15, 0.2) is 6.07 Å². The summed E-state index contributed by atoms with van der Waals surface area (Å²) in [5.74, 6) is -3.65. The largest absolute Gasteiger partial charge is 0.480 e. The van der Waals surface area contributed by atoms with E-state index in [9.17, 15) is 31.5 Å². The Morgan fingerprint density at radius 1 is 1.41 bits per heavy atom. The molecule has 11 heteroatoms. The Hall–Kier alpha value is -1.91. The lowest BCUT2D eigenvalue weighted by atomic mass is 10.2. The highest BCUT2D eigenvalue weighted by molar-refractivity contribution is 7.14. The van der Waals surface area contributed by atoms with Crippen molar-refractivity contribution in [2.45, 2.75) is 32.2 Å². The van der Waals surface area contributed by atoms with Crippen molar-refractivity contribution in [3.05, 3.63) is 15.8 Å². The quantitative estimate of drug-likeness (QED) is 0.776. The van der Waals surface area contributed by atoms with Crippen molar-refractivity contribution < 1.29 is 41.4 Å². The third-order valence-corrected chi connectivity index (χ3v) is 3.31. The molecule has 0 aliphatic rings. The molecule has 0 aromatic carbocycles. The van der Waals surface area contributed by atoms with Crippen LogP contribution in [-0.4, -0.2) is 35.8 Å². The van der Waals surface area contributed by atoms with Crippen molar-refractivity contribution in [2.24, 2.45) is 0 Å². The molecule has 0 bridgehead atoms. The molecule has 0 saturated heterocycles. The molecule has 1 heterocycles. The minimum absolute atomic E-state index is 0.392. The summed E-state index contributed by atoms with van der Waals surface area (Å²) in [6.45, 7) is -1.77. The first-order valence-electron chi connectivity index (χ1n) is 5.65. The number of amides is 1. The molecule has 1 unspecified atom stereocenters. The Bertz CT molecular complexity index is 557. The van der Waals surface area contributed by atoms with Gasteiger partial charge in [0, 0.05) is 4.88 Å². The molecule has 0 fully saturated rings. The fourth-order valence-corrected chi connectivity index (χ4v) is 2.34. The first kappa shape index (κ1) is 18.1. The minimum atomic E-state index is -4.82. The van der Waals surface area contributed by atoms with Crippen LogP contribution in [0.4, 0.5) is 22.0 Å². The molecule has 1 atom stereocenters. The van der Waals surface area contributed by atoms with Crippen molar-refractivity contribution in [2.75, 3.05) is 0 Å². The Morgan fingerprint density at radius 2 is 2.00 bits per heavy atom. The molecule has 0 aliphatic heterocycles. The lowest BCUT2D eigenvalue weighted by Gasteiger charge is -2.16. The minimum Gasteiger partial charge on any atom is -0.480 e. The van der Waals surface area contributed by atoms with Gasteiger partial charge in [0.05, 0.1) is 6.42 Å². The maximum atomic E-state index is 12.2. The summed E-state index contributed by atoms with van der Waals surface area (Å²) in [7, 11) is 0. The molecule has 124 valence electrons. The average Bonchev–Trinajstić information content (AvgIpc) is 2.66. The van der Waals surface area contributed by atoms with Gasteiger partial charge in [-0.1, -0.05) is 0 Å². The zero-order valence-electron chi connectivity index (χ0n) is 10.9. The highest BCUT2D eigenvalue weighted by atomic mass is 32.1. The fraction of sp³-hybridized carbons (Fsp3) is 0.455. The second kappa shape index (κ2) is 6.90. The smallest absolute Gasteiger partial charge is 0.391 e. The number of thiophene rings is 1. The van der Waals surface area contributed by atoms with Crippen LogP contribution in [0.2, 0.25) is 0 Å². The summed E-state index contributed by atoms with van der Waals surface area (Å²) in [6, 6.07) is -1.13. The van der Waals surface area contributed by atoms with Gasteiger partial charge < -0.3 is 15.2 Å². The summed E-state index contributed by atoms with van der Waals surface area (Å²) in [5.41, 5.74) is 0. The van der Waals surface area contributed by atoms with E-state index in [0.717, 1.165) is 6.07 Å². The van der Waals surface area contributed by atoms with Gasteiger partial charge in [-0.15, -0.1) is 11.3 Å². The van der Waals surface area contributed by atoms with E-state index in [-0.39, 0.29) is 0 Å². The van der Waals surface area contributed by atoms with Crippen molar-refractivity contribution in [1.29, 1.82) is 0 Å². The number of halogens is 5. The van der Waals surface area contributed by atoms with E-state index in [1.165, 1.54) is 6.92 Å². The number of aliphatic carboxylic acids is 1. The van der Waals surface area contributed by atoms with Crippen molar-refractivity contribution >= 4 is 23.2 Å². The van der Waals surface area contributed by atoms with Gasteiger partial charge in [-0.25, -0.2) is 4.79 Å². The SMILES string of the molecule is Cc1cc(OC(F)F)c(C(=O)NC(CC(F)(F)F)C(=O)O)s1. The molecule has 1 aromatic rings. The number of alkyl halides is 5. The molecule has 0 spiro atoms. The summed E-state index contributed by atoms with van der Waals surface area (Å²) in [5, 5.41) is 10.3. The second-order valence-electron chi connectivity index (χ2n) is 4.11. The number of carbonyl (C=O) groups excluding carboxylic acids is 1. The molecule has 0 aliphatic carbocycles. The number of rotatable bonds is 6. The molecule has 1 aromatic heterocycles. The Morgan fingerprint density at radius 3 is 2.45 bits per heavy atom. The number of ether oxygens (including phenoxy) is 1. The first-order valence-corrected chi connectivity index (χ1v) is 6.47. The highest BCUT2D eigenvalue weighted by Gasteiger charge is 2.37. The van der Waals surface area contributed by atoms with Crippen LogP contribution in [-0.2, 0) is 4.79 Å². The van der Waals surface area contributed by atoms with Crippen LogP contribution in [0.25, 0.3) is 0 Å². The van der Waals surface area contributed by atoms with E-state index < -0.39 is 47.8 Å². The third-order valence-electron chi connectivity index (χ3n) is 2.28. The predicted molar refractivity (Wildman–Crippen MR) is 65.3 cm³/mol. The van der Waals surface area contributed by atoms with Crippen LogP contribution in [0.5, 0.6) is 5.75 Å². The van der Waals surface area contributed by atoms with E-state index in [1.807, 2.05) is 0 Å². The number of aryl methyl sites for hydroxylation is 1. The van der Waals surface area contributed by atoms with Gasteiger partial charge in [-0.05, 0) is 13.0 Å². The molecule has 1 rings (SSSR count). The van der Waals surface area contributed by atoms with Gasteiger partial charge in [0.1, 0.15) is 16.7 Å². The molecule has 2 N–H and O–H groups in total. The number of carbonyl (C=O) groups is 2. The van der Waals surface area contributed by atoms with E-state index >= 15 is 0 Å². The Kier molecular flexibility index (Phi) is 5.69.